The van der Waals surface area contributed by atoms with Gasteiger partial charge in [-0.25, -0.2) is 4.39 Å². The first-order valence-electron chi connectivity index (χ1n) is 7.45. The number of nitrogens with one attached hydrogen (secondary N) is 1. The molecular weight excluding hydrogens is 291 g/mol. The second-order valence-electron chi connectivity index (χ2n) is 5.52. The molecule has 0 radical (unpaired) electrons. The van der Waals surface area contributed by atoms with E-state index in [1.807, 2.05) is 38.1 Å². The Morgan fingerprint density at radius 2 is 1.78 bits per heavy atom. The smallest absolute Gasteiger partial charge is 0.228 e. The molecule has 0 fully saturated rings. The molecule has 0 spiro atoms. The summed E-state index contributed by atoms with van der Waals surface area (Å²) < 4.78 is 13.6. The Kier molecular flexibility index (Phi) is 4.06. The van der Waals surface area contributed by atoms with Crippen molar-refractivity contribution in [2.75, 3.05) is 5.32 Å². The maximum atomic E-state index is 13.6. The van der Waals surface area contributed by atoms with E-state index in [0.717, 1.165) is 27.7 Å². The van der Waals surface area contributed by atoms with Gasteiger partial charge in [0.05, 0.1) is 17.6 Å². The average Bonchev–Trinajstić information content (AvgIpc) is 2.54. The van der Waals surface area contributed by atoms with E-state index in [4.69, 9.17) is 0 Å². The molecule has 0 saturated carbocycles. The first kappa shape index (κ1) is 15.2. The molecule has 23 heavy (non-hydrogen) atoms. The number of hydrogen-bond acceptors (Lipinski definition) is 2. The molecule has 116 valence electrons. The van der Waals surface area contributed by atoms with Crippen LogP contribution in [0, 0.1) is 19.7 Å². The number of halogens is 1. The fraction of sp³-hybridized carbons (Fsp3) is 0.158. The van der Waals surface area contributed by atoms with Crippen molar-refractivity contribution in [2.45, 2.75) is 20.3 Å². The number of carbonyl (C=O) groups excluding carboxylic acids is 1. The highest BCUT2D eigenvalue weighted by molar-refractivity contribution is 5.94. The van der Waals surface area contributed by atoms with E-state index < -0.39 is 5.82 Å². The summed E-state index contributed by atoms with van der Waals surface area (Å²) in [6.07, 6.45) is 0.170. The van der Waals surface area contributed by atoms with Crippen molar-refractivity contribution < 1.29 is 9.18 Å². The van der Waals surface area contributed by atoms with Gasteiger partial charge in [-0.1, -0.05) is 30.3 Å². The molecule has 0 aliphatic carbocycles. The summed E-state index contributed by atoms with van der Waals surface area (Å²) in [5.41, 5.74) is 3.86. The maximum absolute atomic E-state index is 13.6. The number of amides is 1. The maximum Gasteiger partial charge on any atom is 0.228 e. The third-order valence-electron chi connectivity index (χ3n) is 3.97. The molecule has 0 aliphatic heterocycles. The van der Waals surface area contributed by atoms with Crippen LogP contribution < -0.4 is 5.32 Å². The number of anilines is 1. The predicted octanol–water partition coefficient (Wildman–Crippen LogP) is 4.17. The van der Waals surface area contributed by atoms with Gasteiger partial charge in [-0.15, -0.1) is 0 Å². The van der Waals surface area contributed by atoms with Crippen LogP contribution in [0.25, 0.3) is 10.9 Å². The van der Waals surface area contributed by atoms with Crippen molar-refractivity contribution in [1.29, 1.82) is 0 Å². The minimum atomic E-state index is -0.439. The van der Waals surface area contributed by atoms with Crippen molar-refractivity contribution in [1.82, 2.24) is 4.98 Å². The van der Waals surface area contributed by atoms with Crippen LogP contribution in [-0.2, 0) is 11.2 Å². The zero-order valence-corrected chi connectivity index (χ0v) is 13.1. The zero-order valence-electron chi connectivity index (χ0n) is 13.1. The van der Waals surface area contributed by atoms with Crippen LogP contribution in [-0.4, -0.2) is 10.9 Å². The molecule has 1 heterocycles. The second kappa shape index (κ2) is 6.16. The van der Waals surface area contributed by atoms with E-state index in [9.17, 15) is 9.18 Å². The molecule has 0 bridgehead atoms. The number of pyridine rings is 1. The topological polar surface area (TPSA) is 42.0 Å². The SMILES string of the molecule is Cc1nc2ccccc2c(C)c1CC(=O)Nc1ccccc1F. The Hall–Kier alpha value is -2.75. The first-order chi connectivity index (χ1) is 11.1. The van der Waals surface area contributed by atoms with Crippen LogP contribution in [0.5, 0.6) is 0 Å². The van der Waals surface area contributed by atoms with Crippen LogP contribution in [0.4, 0.5) is 10.1 Å². The number of aryl methyl sites for hydroxylation is 2. The minimum Gasteiger partial charge on any atom is -0.323 e. The molecule has 4 heteroatoms. The lowest BCUT2D eigenvalue weighted by molar-refractivity contribution is -0.115. The van der Waals surface area contributed by atoms with Gasteiger partial charge in [-0.05, 0) is 43.2 Å². The molecular formula is C19H17FN2O. The summed E-state index contributed by atoms with van der Waals surface area (Å²) in [5, 5.41) is 3.65. The van der Waals surface area contributed by atoms with Crippen LogP contribution >= 0.6 is 0 Å². The molecule has 0 atom stereocenters. The summed E-state index contributed by atoms with van der Waals surface area (Å²) >= 11 is 0. The highest BCUT2D eigenvalue weighted by atomic mass is 19.1. The lowest BCUT2D eigenvalue weighted by Gasteiger charge is -2.13. The van der Waals surface area contributed by atoms with E-state index in [0.29, 0.717) is 0 Å². The highest BCUT2D eigenvalue weighted by Gasteiger charge is 2.14. The lowest BCUT2D eigenvalue weighted by atomic mass is 9.99. The summed E-state index contributed by atoms with van der Waals surface area (Å²) in [6.45, 7) is 3.88. The van der Waals surface area contributed by atoms with Crippen LogP contribution in [0.3, 0.4) is 0 Å². The van der Waals surface area contributed by atoms with Crippen LogP contribution in [0.15, 0.2) is 48.5 Å². The zero-order chi connectivity index (χ0) is 16.4. The van der Waals surface area contributed by atoms with Gasteiger partial charge in [-0.2, -0.15) is 0 Å². The van der Waals surface area contributed by atoms with Crippen molar-refractivity contribution in [3.8, 4) is 0 Å². The van der Waals surface area contributed by atoms with Gasteiger partial charge >= 0.3 is 0 Å². The van der Waals surface area contributed by atoms with Gasteiger partial charge in [0, 0.05) is 11.1 Å². The third-order valence-corrected chi connectivity index (χ3v) is 3.97. The molecule has 0 saturated heterocycles. The van der Waals surface area contributed by atoms with Crippen molar-refractivity contribution in [2.24, 2.45) is 0 Å². The van der Waals surface area contributed by atoms with E-state index >= 15 is 0 Å². The Balaban J connectivity index is 1.89. The monoisotopic (exact) mass is 308 g/mol. The van der Waals surface area contributed by atoms with E-state index in [1.165, 1.54) is 6.07 Å². The van der Waals surface area contributed by atoms with Gasteiger partial charge in [0.1, 0.15) is 5.82 Å². The van der Waals surface area contributed by atoms with Gasteiger partial charge in [0.25, 0.3) is 0 Å². The van der Waals surface area contributed by atoms with Crippen molar-refractivity contribution in [3.05, 3.63) is 71.2 Å². The summed E-state index contributed by atoms with van der Waals surface area (Å²) in [7, 11) is 0. The van der Waals surface area contributed by atoms with Crippen LogP contribution in [0.1, 0.15) is 16.8 Å². The van der Waals surface area contributed by atoms with Gasteiger partial charge in [0.15, 0.2) is 0 Å². The molecule has 3 rings (SSSR count). The highest BCUT2D eigenvalue weighted by Crippen LogP contribution is 2.23. The summed E-state index contributed by atoms with van der Waals surface area (Å²) in [6, 6.07) is 14.0. The fourth-order valence-electron chi connectivity index (χ4n) is 2.75. The predicted molar refractivity (Wildman–Crippen MR) is 90.0 cm³/mol. The molecule has 1 N–H and O–H groups in total. The first-order valence-corrected chi connectivity index (χ1v) is 7.45. The Bertz CT molecular complexity index is 890. The van der Waals surface area contributed by atoms with Crippen molar-refractivity contribution in [3.63, 3.8) is 0 Å². The molecule has 0 unspecified atom stereocenters. The average molecular weight is 308 g/mol. The normalized spacial score (nSPS) is 10.7. The number of aromatic nitrogens is 1. The number of nitrogens with zero attached hydrogens (tertiary/aromatic N) is 1. The number of fused-ring (bicyclic) bond motifs is 1. The fourth-order valence-corrected chi connectivity index (χ4v) is 2.75. The number of benzene rings is 2. The summed E-state index contributed by atoms with van der Waals surface area (Å²) in [4.78, 5) is 16.8. The standard InChI is InChI=1S/C19H17FN2O/c1-12-14-7-3-5-9-17(14)21-13(2)15(12)11-19(23)22-18-10-6-4-8-16(18)20/h3-10H,11H2,1-2H3,(H,22,23). The van der Waals surface area contributed by atoms with Crippen molar-refractivity contribution >= 4 is 22.5 Å². The van der Waals surface area contributed by atoms with E-state index in [1.54, 1.807) is 18.2 Å². The number of hydrogen-bond donors (Lipinski definition) is 1. The molecule has 3 nitrogen and oxygen atoms in total. The third kappa shape index (κ3) is 3.06. The number of para-hydroxylation sites is 2. The summed E-state index contributed by atoms with van der Waals surface area (Å²) in [5.74, 6) is -0.690. The Labute approximate surface area is 134 Å². The van der Waals surface area contributed by atoms with Gasteiger partial charge in [-0.3, -0.25) is 9.78 Å². The minimum absolute atomic E-state index is 0.170. The number of rotatable bonds is 3. The lowest BCUT2D eigenvalue weighted by Crippen LogP contribution is -2.17. The van der Waals surface area contributed by atoms with E-state index in [-0.39, 0.29) is 18.0 Å². The number of carbonyl (C=O) groups is 1. The molecule has 1 amide bonds. The quantitative estimate of drug-likeness (QED) is 0.789. The molecule has 2 aromatic carbocycles. The molecule has 1 aromatic heterocycles. The van der Waals surface area contributed by atoms with Gasteiger partial charge < -0.3 is 5.32 Å². The molecule has 3 aromatic rings. The van der Waals surface area contributed by atoms with Crippen LogP contribution in [0.2, 0.25) is 0 Å². The Morgan fingerprint density at radius 1 is 1.09 bits per heavy atom. The Morgan fingerprint density at radius 3 is 2.57 bits per heavy atom. The van der Waals surface area contributed by atoms with E-state index in [2.05, 4.69) is 10.3 Å². The largest absolute Gasteiger partial charge is 0.323 e. The van der Waals surface area contributed by atoms with Gasteiger partial charge in [0.2, 0.25) is 5.91 Å². The molecule has 0 aliphatic rings. The second-order valence-corrected chi connectivity index (χ2v) is 5.52.